The normalized spacial score (nSPS) is 10.5. The largest absolute Gasteiger partial charge is 0.382 e. The minimum absolute atomic E-state index is 0.578. The number of imidazole rings is 1. The van der Waals surface area contributed by atoms with Gasteiger partial charge in [0.15, 0.2) is 5.82 Å². The van der Waals surface area contributed by atoms with Crippen molar-refractivity contribution < 1.29 is 0 Å². The van der Waals surface area contributed by atoms with Crippen LogP contribution in [0.3, 0.4) is 0 Å². The summed E-state index contributed by atoms with van der Waals surface area (Å²) < 4.78 is 0. The van der Waals surface area contributed by atoms with Gasteiger partial charge >= 0.3 is 0 Å². The van der Waals surface area contributed by atoms with Crippen LogP contribution >= 0.6 is 11.3 Å². The maximum Gasteiger partial charge on any atom is 0.169 e. The van der Waals surface area contributed by atoms with E-state index in [0.717, 1.165) is 10.8 Å². The summed E-state index contributed by atoms with van der Waals surface area (Å²) in [5.74, 6) is 2.10. The second-order valence-corrected chi connectivity index (χ2v) is 4.60. The summed E-state index contributed by atoms with van der Waals surface area (Å²) >= 11 is 1.67. The average molecular weight is 223 g/mol. The van der Waals surface area contributed by atoms with Crippen molar-refractivity contribution in [2.75, 3.05) is 11.1 Å². The first-order chi connectivity index (χ1) is 7.15. The molecule has 80 valence electrons. The van der Waals surface area contributed by atoms with Crippen LogP contribution in [0.15, 0.2) is 6.20 Å². The molecule has 2 heterocycles. The molecule has 5 nitrogen and oxygen atoms in total. The zero-order valence-electron chi connectivity index (χ0n) is 8.66. The van der Waals surface area contributed by atoms with Crippen molar-refractivity contribution in [1.29, 1.82) is 0 Å². The van der Waals surface area contributed by atoms with Crippen LogP contribution in [0.2, 0.25) is 0 Å². The fourth-order valence-electron chi connectivity index (χ4n) is 1.30. The number of nitrogen functional groups attached to an aromatic ring is 1. The molecular weight excluding hydrogens is 210 g/mol. The highest BCUT2D eigenvalue weighted by molar-refractivity contribution is 7.11. The third kappa shape index (κ3) is 2.27. The van der Waals surface area contributed by atoms with E-state index in [2.05, 4.69) is 20.3 Å². The smallest absolute Gasteiger partial charge is 0.169 e. The second kappa shape index (κ2) is 3.90. The molecule has 0 aliphatic rings. The number of aryl methyl sites for hydroxylation is 2. The number of aromatic amines is 1. The summed E-state index contributed by atoms with van der Waals surface area (Å²) in [6, 6.07) is 0. The molecule has 2 rings (SSSR count). The topological polar surface area (TPSA) is 79.6 Å². The Morgan fingerprint density at radius 1 is 1.53 bits per heavy atom. The lowest BCUT2D eigenvalue weighted by atomic mass is 10.5. The Morgan fingerprint density at radius 3 is 2.87 bits per heavy atom. The van der Waals surface area contributed by atoms with Crippen LogP contribution in [0.1, 0.15) is 15.7 Å². The van der Waals surface area contributed by atoms with E-state index in [4.69, 9.17) is 5.73 Å². The zero-order valence-corrected chi connectivity index (χ0v) is 9.48. The van der Waals surface area contributed by atoms with Gasteiger partial charge in [-0.05, 0) is 13.8 Å². The molecule has 0 radical (unpaired) electrons. The first-order valence-electron chi connectivity index (χ1n) is 4.62. The number of nitrogens with two attached hydrogens (primary N) is 1. The molecular formula is C9H13N5S. The third-order valence-electron chi connectivity index (χ3n) is 1.95. The van der Waals surface area contributed by atoms with Gasteiger partial charge in [-0.1, -0.05) is 0 Å². The standard InChI is InChI=1S/C9H13N5S/c1-5-13-8(10)9(14-5)12-4-7-3-11-6(2)15-7/h3,12H,4,10H2,1-2H3,(H,13,14). The molecule has 6 heteroatoms. The van der Waals surface area contributed by atoms with Gasteiger partial charge in [0, 0.05) is 11.1 Å². The van der Waals surface area contributed by atoms with Gasteiger partial charge in [-0.2, -0.15) is 0 Å². The SMILES string of the molecule is Cc1nc(NCc2cnc(C)s2)c(N)[nH]1. The fraction of sp³-hybridized carbons (Fsp3) is 0.333. The maximum atomic E-state index is 5.72. The molecule has 0 amide bonds. The molecule has 0 atom stereocenters. The van der Waals surface area contributed by atoms with E-state index in [-0.39, 0.29) is 0 Å². The van der Waals surface area contributed by atoms with Crippen LogP contribution in [0.25, 0.3) is 0 Å². The number of hydrogen-bond acceptors (Lipinski definition) is 5. The average Bonchev–Trinajstić information content (AvgIpc) is 2.70. The third-order valence-corrected chi connectivity index (χ3v) is 2.86. The number of aromatic nitrogens is 3. The number of nitrogens with zero attached hydrogens (tertiary/aromatic N) is 2. The van der Waals surface area contributed by atoms with E-state index < -0.39 is 0 Å². The van der Waals surface area contributed by atoms with E-state index in [1.165, 1.54) is 4.88 Å². The molecule has 0 unspecified atom stereocenters. The Hall–Kier alpha value is -1.56. The Kier molecular flexibility index (Phi) is 2.59. The second-order valence-electron chi connectivity index (χ2n) is 3.28. The number of hydrogen-bond donors (Lipinski definition) is 3. The summed E-state index contributed by atoms with van der Waals surface area (Å²) in [5.41, 5.74) is 5.72. The quantitative estimate of drug-likeness (QED) is 0.739. The van der Waals surface area contributed by atoms with Crippen molar-refractivity contribution in [1.82, 2.24) is 15.0 Å². The number of thiazole rings is 1. The molecule has 4 N–H and O–H groups in total. The summed E-state index contributed by atoms with van der Waals surface area (Å²) in [6.45, 7) is 4.57. The van der Waals surface area contributed by atoms with Gasteiger partial charge in [-0.15, -0.1) is 11.3 Å². The summed E-state index contributed by atoms with van der Waals surface area (Å²) in [5, 5.41) is 4.23. The van der Waals surface area contributed by atoms with Gasteiger partial charge in [-0.25, -0.2) is 9.97 Å². The lowest BCUT2D eigenvalue weighted by Gasteiger charge is -2.00. The minimum Gasteiger partial charge on any atom is -0.382 e. The molecule has 0 saturated heterocycles. The number of H-pyrrole nitrogens is 1. The van der Waals surface area contributed by atoms with E-state index in [9.17, 15) is 0 Å². The molecule has 0 aliphatic heterocycles. The van der Waals surface area contributed by atoms with E-state index in [0.29, 0.717) is 18.2 Å². The Balaban J connectivity index is 2.01. The number of rotatable bonds is 3. The van der Waals surface area contributed by atoms with Gasteiger partial charge in [0.05, 0.1) is 11.6 Å². The molecule has 0 bridgehead atoms. The van der Waals surface area contributed by atoms with Crippen LogP contribution in [-0.4, -0.2) is 15.0 Å². The Morgan fingerprint density at radius 2 is 2.33 bits per heavy atom. The van der Waals surface area contributed by atoms with Gasteiger partial charge in [0.1, 0.15) is 11.6 Å². The molecule has 0 spiro atoms. The lowest BCUT2D eigenvalue weighted by molar-refractivity contribution is 1.11. The molecule has 0 aliphatic carbocycles. The minimum atomic E-state index is 0.578. The van der Waals surface area contributed by atoms with Gasteiger partial charge in [0.25, 0.3) is 0 Å². The predicted molar refractivity (Wildman–Crippen MR) is 61.9 cm³/mol. The molecule has 0 aromatic carbocycles. The van der Waals surface area contributed by atoms with Crippen LogP contribution in [0, 0.1) is 13.8 Å². The maximum absolute atomic E-state index is 5.72. The fourth-order valence-corrected chi connectivity index (χ4v) is 2.04. The summed E-state index contributed by atoms with van der Waals surface area (Å²) in [7, 11) is 0. The summed E-state index contributed by atoms with van der Waals surface area (Å²) in [4.78, 5) is 12.5. The van der Waals surface area contributed by atoms with E-state index in [1.807, 2.05) is 20.0 Å². The number of anilines is 2. The van der Waals surface area contributed by atoms with Crippen molar-refractivity contribution in [2.45, 2.75) is 20.4 Å². The van der Waals surface area contributed by atoms with E-state index in [1.54, 1.807) is 11.3 Å². The van der Waals surface area contributed by atoms with Gasteiger partial charge in [0.2, 0.25) is 0 Å². The van der Waals surface area contributed by atoms with Crippen LogP contribution in [0.4, 0.5) is 11.6 Å². The Bertz CT molecular complexity index is 459. The molecule has 2 aromatic heterocycles. The molecule has 0 saturated carbocycles. The van der Waals surface area contributed by atoms with Crippen molar-refractivity contribution in [3.63, 3.8) is 0 Å². The Labute approximate surface area is 91.8 Å². The highest BCUT2D eigenvalue weighted by atomic mass is 32.1. The highest BCUT2D eigenvalue weighted by Crippen LogP contribution is 2.17. The van der Waals surface area contributed by atoms with Crippen LogP contribution in [-0.2, 0) is 6.54 Å². The van der Waals surface area contributed by atoms with E-state index >= 15 is 0 Å². The first kappa shape index (κ1) is 9.97. The van der Waals surface area contributed by atoms with Crippen LogP contribution in [0.5, 0.6) is 0 Å². The van der Waals surface area contributed by atoms with Crippen molar-refractivity contribution in [2.24, 2.45) is 0 Å². The molecule has 0 fully saturated rings. The van der Waals surface area contributed by atoms with Crippen molar-refractivity contribution in [3.05, 3.63) is 21.9 Å². The zero-order chi connectivity index (χ0) is 10.8. The summed E-state index contributed by atoms with van der Waals surface area (Å²) in [6.07, 6.45) is 1.86. The monoisotopic (exact) mass is 223 g/mol. The van der Waals surface area contributed by atoms with Crippen LogP contribution < -0.4 is 11.1 Å². The van der Waals surface area contributed by atoms with Crippen molar-refractivity contribution in [3.8, 4) is 0 Å². The van der Waals surface area contributed by atoms with Gasteiger partial charge < -0.3 is 16.0 Å². The molecule has 15 heavy (non-hydrogen) atoms. The van der Waals surface area contributed by atoms with Crippen molar-refractivity contribution >= 4 is 23.0 Å². The lowest BCUT2D eigenvalue weighted by Crippen LogP contribution is -2.00. The molecule has 2 aromatic rings. The first-order valence-corrected chi connectivity index (χ1v) is 5.44. The predicted octanol–water partition coefficient (Wildman–Crippen LogP) is 1.68. The number of nitrogens with one attached hydrogen (secondary N) is 2. The highest BCUT2D eigenvalue weighted by Gasteiger charge is 2.04. The van der Waals surface area contributed by atoms with Gasteiger partial charge in [-0.3, -0.25) is 0 Å².